The summed E-state index contributed by atoms with van der Waals surface area (Å²) in [4.78, 5) is 10.1. The van der Waals surface area contributed by atoms with E-state index in [-0.39, 0.29) is 6.04 Å². The number of pyridine rings is 2. The standard InChI is InChI=1S/C23H29IN4O/c1-13-10-20-22(14(2)11-28(20)15(3)12-29-5)27-21(13)18-8-9-19(16(4)24)26-23(18)25-17-6-7-17/h8-11,15-17H,6-7,12H2,1-5H3,(H,25,26). The molecule has 154 valence electrons. The highest BCUT2D eigenvalue weighted by Gasteiger charge is 2.24. The lowest BCUT2D eigenvalue weighted by molar-refractivity contribution is 0.164. The summed E-state index contributed by atoms with van der Waals surface area (Å²) in [5, 5.41) is 3.63. The van der Waals surface area contributed by atoms with Gasteiger partial charge in [-0.1, -0.05) is 22.6 Å². The van der Waals surface area contributed by atoms with E-state index in [1.807, 2.05) is 0 Å². The zero-order valence-electron chi connectivity index (χ0n) is 17.8. The Labute approximate surface area is 186 Å². The van der Waals surface area contributed by atoms with Gasteiger partial charge in [0, 0.05) is 24.9 Å². The van der Waals surface area contributed by atoms with Crippen LogP contribution in [0.25, 0.3) is 22.3 Å². The number of nitrogens with zero attached hydrogens (tertiary/aromatic N) is 3. The molecule has 3 aromatic heterocycles. The van der Waals surface area contributed by atoms with Gasteiger partial charge in [-0.15, -0.1) is 0 Å². The maximum atomic E-state index is 5.37. The van der Waals surface area contributed by atoms with Gasteiger partial charge in [-0.25, -0.2) is 9.97 Å². The molecule has 1 saturated carbocycles. The maximum absolute atomic E-state index is 5.37. The molecule has 0 spiro atoms. The van der Waals surface area contributed by atoms with Gasteiger partial charge in [0.05, 0.1) is 39.0 Å². The van der Waals surface area contributed by atoms with Crippen LogP contribution in [0.2, 0.25) is 0 Å². The fourth-order valence-electron chi connectivity index (χ4n) is 3.80. The minimum Gasteiger partial charge on any atom is -0.383 e. The number of alkyl halides is 1. The first-order valence-electron chi connectivity index (χ1n) is 10.3. The highest BCUT2D eigenvalue weighted by molar-refractivity contribution is 14.1. The number of hydrogen-bond acceptors (Lipinski definition) is 4. The Hall–Kier alpha value is -1.67. The lowest BCUT2D eigenvalue weighted by atomic mass is 10.1. The van der Waals surface area contributed by atoms with Crippen molar-refractivity contribution in [2.24, 2.45) is 0 Å². The quantitative estimate of drug-likeness (QED) is 0.317. The molecule has 0 radical (unpaired) electrons. The normalized spacial score (nSPS) is 16.2. The van der Waals surface area contributed by atoms with E-state index in [1.54, 1.807) is 7.11 Å². The summed E-state index contributed by atoms with van der Waals surface area (Å²) in [7, 11) is 1.75. The fraction of sp³-hybridized carbons (Fsp3) is 0.478. The second kappa shape index (κ2) is 8.22. The summed E-state index contributed by atoms with van der Waals surface area (Å²) in [6.45, 7) is 9.31. The molecular weight excluding hydrogens is 475 g/mol. The number of hydrogen-bond donors (Lipinski definition) is 1. The zero-order chi connectivity index (χ0) is 20.7. The number of halogens is 1. The molecule has 1 aliphatic rings. The maximum Gasteiger partial charge on any atom is 0.136 e. The Morgan fingerprint density at radius 2 is 1.97 bits per heavy atom. The minimum atomic E-state index is 0.265. The number of nitrogens with one attached hydrogen (secondary N) is 1. The largest absolute Gasteiger partial charge is 0.383 e. The Morgan fingerprint density at radius 3 is 2.62 bits per heavy atom. The molecular formula is C23H29IN4O. The molecule has 0 saturated heterocycles. The Morgan fingerprint density at radius 1 is 1.21 bits per heavy atom. The molecule has 1 aliphatic carbocycles. The fourth-order valence-corrected chi connectivity index (χ4v) is 4.15. The van der Waals surface area contributed by atoms with Crippen LogP contribution in [-0.2, 0) is 4.74 Å². The van der Waals surface area contributed by atoms with E-state index in [9.17, 15) is 0 Å². The molecule has 5 nitrogen and oxygen atoms in total. The van der Waals surface area contributed by atoms with Crippen molar-refractivity contribution in [3.8, 4) is 11.3 Å². The van der Waals surface area contributed by atoms with Crippen LogP contribution < -0.4 is 5.32 Å². The average Bonchev–Trinajstić information content (AvgIpc) is 3.44. The second-order valence-electron chi connectivity index (χ2n) is 8.21. The SMILES string of the molecule is COCC(C)n1cc(C)c2nc(-c3ccc(C(C)I)nc3NC3CC3)c(C)cc21. The van der Waals surface area contributed by atoms with E-state index >= 15 is 0 Å². The number of aryl methyl sites for hydroxylation is 2. The summed E-state index contributed by atoms with van der Waals surface area (Å²) in [6.07, 6.45) is 4.62. The van der Waals surface area contributed by atoms with Crippen molar-refractivity contribution >= 4 is 39.4 Å². The van der Waals surface area contributed by atoms with Crippen LogP contribution in [0.3, 0.4) is 0 Å². The van der Waals surface area contributed by atoms with Crippen LogP contribution in [0.5, 0.6) is 0 Å². The summed E-state index contributed by atoms with van der Waals surface area (Å²) < 4.78 is 8.02. The van der Waals surface area contributed by atoms with Crippen LogP contribution >= 0.6 is 22.6 Å². The van der Waals surface area contributed by atoms with Crippen LogP contribution in [0, 0.1) is 13.8 Å². The smallest absolute Gasteiger partial charge is 0.136 e. The summed E-state index contributed by atoms with van der Waals surface area (Å²) in [6, 6.07) is 7.38. The van der Waals surface area contributed by atoms with E-state index in [2.05, 4.69) is 84.6 Å². The molecule has 29 heavy (non-hydrogen) atoms. The predicted molar refractivity (Wildman–Crippen MR) is 128 cm³/mol. The van der Waals surface area contributed by atoms with Crippen molar-refractivity contribution in [3.05, 3.63) is 41.2 Å². The molecule has 6 heteroatoms. The molecule has 4 rings (SSSR count). The van der Waals surface area contributed by atoms with Gasteiger partial charge in [0.15, 0.2) is 0 Å². The van der Waals surface area contributed by atoms with Crippen molar-refractivity contribution in [2.45, 2.75) is 56.5 Å². The van der Waals surface area contributed by atoms with Crippen LogP contribution in [0.1, 0.15) is 53.5 Å². The zero-order valence-corrected chi connectivity index (χ0v) is 19.9. The van der Waals surface area contributed by atoms with Gasteiger partial charge in [-0.2, -0.15) is 0 Å². The van der Waals surface area contributed by atoms with Gasteiger partial charge in [-0.3, -0.25) is 0 Å². The first-order valence-corrected chi connectivity index (χ1v) is 11.5. The highest BCUT2D eigenvalue weighted by atomic mass is 127. The summed E-state index contributed by atoms with van der Waals surface area (Å²) >= 11 is 2.42. The molecule has 2 atom stereocenters. The molecule has 0 aliphatic heterocycles. The third-order valence-electron chi connectivity index (χ3n) is 5.56. The third kappa shape index (κ3) is 4.14. The lowest BCUT2D eigenvalue weighted by Crippen LogP contribution is -2.10. The highest BCUT2D eigenvalue weighted by Crippen LogP contribution is 2.36. The van der Waals surface area contributed by atoms with Crippen LogP contribution in [-0.4, -0.2) is 34.3 Å². The Bertz CT molecular complexity index is 1040. The Kier molecular flexibility index (Phi) is 5.84. The van der Waals surface area contributed by atoms with Gasteiger partial charge in [0.1, 0.15) is 5.82 Å². The van der Waals surface area contributed by atoms with Gasteiger partial charge in [0.25, 0.3) is 0 Å². The van der Waals surface area contributed by atoms with Crippen LogP contribution in [0.4, 0.5) is 5.82 Å². The summed E-state index contributed by atoms with van der Waals surface area (Å²) in [5.41, 5.74) is 7.78. The molecule has 2 unspecified atom stereocenters. The van der Waals surface area contributed by atoms with Crippen molar-refractivity contribution in [3.63, 3.8) is 0 Å². The molecule has 0 bridgehead atoms. The number of ether oxygens (including phenoxy) is 1. The summed E-state index contributed by atoms with van der Waals surface area (Å²) in [5.74, 6) is 0.966. The van der Waals surface area contributed by atoms with Crippen molar-refractivity contribution in [2.75, 3.05) is 19.0 Å². The molecule has 0 amide bonds. The van der Waals surface area contributed by atoms with E-state index in [0.29, 0.717) is 16.6 Å². The molecule has 3 heterocycles. The van der Waals surface area contributed by atoms with Crippen molar-refractivity contribution in [1.82, 2.24) is 14.5 Å². The number of rotatable bonds is 7. The minimum absolute atomic E-state index is 0.265. The second-order valence-corrected chi connectivity index (χ2v) is 10.1. The van der Waals surface area contributed by atoms with Crippen molar-refractivity contribution < 1.29 is 4.74 Å². The molecule has 1 N–H and O–H groups in total. The average molecular weight is 504 g/mol. The Balaban J connectivity index is 1.84. The van der Waals surface area contributed by atoms with Gasteiger partial charge in [0.2, 0.25) is 0 Å². The van der Waals surface area contributed by atoms with Crippen molar-refractivity contribution in [1.29, 1.82) is 0 Å². The van der Waals surface area contributed by atoms with E-state index in [0.717, 1.165) is 39.4 Å². The van der Waals surface area contributed by atoms with Gasteiger partial charge in [-0.05, 0) is 69.9 Å². The molecule has 3 aromatic rings. The molecule has 1 fully saturated rings. The van der Waals surface area contributed by atoms with E-state index < -0.39 is 0 Å². The van der Waals surface area contributed by atoms with Gasteiger partial charge >= 0.3 is 0 Å². The number of anilines is 1. The number of aromatic nitrogens is 3. The van der Waals surface area contributed by atoms with E-state index in [4.69, 9.17) is 14.7 Å². The number of fused-ring (bicyclic) bond motifs is 1. The predicted octanol–water partition coefficient (Wildman–Crippen LogP) is 5.99. The first-order chi connectivity index (χ1) is 13.9. The lowest BCUT2D eigenvalue weighted by Gasteiger charge is -2.17. The van der Waals surface area contributed by atoms with E-state index in [1.165, 1.54) is 18.4 Å². The monoisotopic (exact) mass is 504 g/mol. The molecule has 0 aromatic carbocycles. The van der Waals surface area contributed by atoms with Crippen LogP contribution in [0.15, 0.2) is 24.4 Å². The topological polar surface area (TPSA) is 52.0 Å². The number of methoxy groups -OCH3 is 1. The van der Waals surface area contributed by atoms with Gasteiger partial charge < -0.3 is 14.6 Å². The first kappa shape index (κ1) is 20.6. The third-order valence-corrected chi connectivity index (χ3v) is 6.20.